The number of hydrogen-bond donors (Lipinski definition) is 1. The van der Waals surface area contributed by atoms with E-state index in [-0.39, 0.29) is 5.54 Å². The van der Waals surface area contributed by atoms with Gasteiger partial charge in [-0.3, -0.25) is 0 Å². The highest BCUT2D eigenvalue weighted by Crippen LogP contribution is 2.23. The molecule has 1 unspecified atom stereocenters. The number of benzene rings is 1. The van der Waals surface area contributed by atoms with Crippen LogP contribution in [0.15, 0.2) is 24.3 Å². The van der Waals surface area contributed by atoms with E-state index in [2.05, 4.69) is 55.2 Å². The minimum absolute atomic E-state index is 0.0490. The quantitative estimate of drug-likeness (QED) is 0.883. The molecular formula is C15H25N3. The van der Waals surface area contributed by atoms with Gasteiger partial charge in [0.05, 0.1) is 0 Å². The first-order valence-corrected chi connectivity index (χ1v) is 6.72. The largest absolute Gasteiger partial charge is 0.378 e. The first kappa shape index (κ1) is 13.4. The van der Waals surface area contributed by atoms with Gasteiger partial charge in [0, 0.05) is 31.9 Å². The summed E-state index contributed by atoms with van der Waals surface area (Å²) in [4.78, 5) is 4.47. The van der Waals surface area contributed by atoms with Crippen LogP contribution in [0.25, 0.3) is 0 Å². The van der Waals surface area contributed by atoms with Crippen LogP contribution in [0.5, 0.6) is 0 Å². The molecule has 3 nitrogen and oxygen atoms in total. The Hall–Kier alpha value is -1.06. The smallest absolute Gasteiger partial charge is 0.0361 e. The van der Waals surface area contributed by atoms with E-state index in [4.69, 9.17) is 5.73 Å². The van der Waals surface area contributed by atoms with Crippen LogP contribution >= 0.6 is 0 Å². The molecule has 0 saturated carbocycles. The van der Waals surface area contributed by atoms with Crippen LogP contribution in [0.4, 0.5) is 5.69 Å². The molecule has 1 aliphatic rings. The average Bonchev–Trinajstić information content (AvgIpc) is 2.28. The van der Waals surface area contributed by atoms with Crippen molar-refractivity contribution in [3.63, 3.8) is 0 Å². The summed E-state index contributed by atoms with van der Waals surface area (Å²) < 4.78 is 0. The van der Waals surface area contributed by atoms with Crippen molar-refractivity contribution in [3.05, 3.63) is 29.8 Å². The van der Waals surface area contributed by atoms with E-state index in [9.17, 15) is 0 Å². The number of likely N-dealkylation sites (tertiary alicyclic amines) is 1. The standard InChI is InChI=1S/C15H25N3/c1-17(2)14-7-5-13(6-8-14)11-15(16)9-4-10-18(3)12-15/h5-8H,4,9-12,16H2,1-3H3. The molecule has 3 heteroatoms. The van der Waals surface area contributed by atoms with Crippen LogP contribution in [0.1, 0.15) is 18.4 Å². The number of anilines is 1. The van der Waals surface area contributed by atoms with Gasteiger partial charge in [0.15, 0.2) is 0 Å². The van der Waals surface area contributed by atoms with Crippen LogP contribution in [0.3, 0.4) is 0 Å². The molecule has 2 rings (SSSR count). The molecule has 0 bridgehead atoms. The van der Waals surface area contributed by atoms with Gasteiger partial charge in [-0.1, -0.05) is 12.1 Å². The Bertz CT molecular complexity index is 385. The lowest BCUT2D eigenvalue weighted by atomic mass is 9.84. The number of nitrogens with two attached hydrogens (primary N) is 1. The zero-order chi connectivity index (χ0) is 13.2. The third kappa shape index (κ3) is 3.24. The summed E-state index contributed by atoms with van der Waals surface area (Å²) in [6.07, 6.45) is 3.32. The van der Waals surface area contributed by atoms with E-state index in [1.54, 1.807) is 0 Å². The van der Waals surface area contributed by atoms with Gasteiger partial charge >= 0.3 is 0 Å². The number of nitrogens with zero attached hydrogens (tertiary/aromatic N) is 2. The van der Waals surface area contributed by atoms with Crippen LogP contribution in [0, 0.1) is 0 Å². The van der Waals surface area contributed by atoms with Crippen LogP contribution < -0.4 is 10.6 Å². The summed E-state index contributed by atoms with van der Waals surface area (Å²) in [7, 11) is 6.29. The molecule has 0 spiro atoms. The molecule has 1 saturated heterocycles. The molecule has 0 aromatic heterocycles. The SMILES string of the molecule is CN1CCCC(N)(Cc2ccc(N(C)C)cc2)C1. The Morgan fingerprint density at radius 3 is 2.50 bits per heavy atom. The predicted molar refractivity (Wildman–Crippen MR) is 78.1 cm³/mol. The van der Waals surface area contributed by atoms with Gasteiger partial charge in [-0.05, 0) is 50.6 Å². The molecule has 0 amide bonds. The van der Waals surface area contributed by atoms with Crippen molar-refractivity contribution in [2.75, 3.05) is 39.1 Å². The van der Waals surface area contributed by atoms with Crippen molar-refractivity contribution in [1.29, 1.82) is 0 Å². The third-order valence-electron chi connectivity index (χ3n) is 3.81. The number of hydrogen-bond acceptors (Lipinski definition) is 3. The lowest BCUT2D eigenvalue weighted by molar-refractivity contribution is 0.178. The summed E-state index contributed by atoms with van der Waals surface area (Å²) >= 11 is 0. The molecular weight excluding hydrogens is 222 g/mol. The molecule has 18 heavy (non-hydrogen) atoms. The maximum atomic E-state index is 6.53. The Labute approximate surface area is 111 Å². The second-order valence-electron chi connectivity index (χ2n) is 5.94. The second kappa shape index (κ2) is 5.29. The topological polar surface area (TPSA) is 32.5 Å². The van der Waals surface area contributed by atoms with Crippen molar-refractivity contribution in [3.8, 4) is 0 Å². The average molecular weight is 247 g/mol. The predicted octanol–water partition coefficient (Wildman–Crippen LogP) is 1.72. The fraction of sp³-hybridized carbons (Fsp3) is 0.600. The summed E-state index contributed by atoms with van der Waals surface area (Å²) in [6.45, 7) is 2.18. The van der Waals surface area contributed by atoms with Crippen LogP contribution in [-0.4, -0.2) is 44.7 Å². The highest BCUT2D eigenvalue weighted by Gasteiger charge is 2.30. The van der Waals surface area contributed by atoms with E-state index >= 15 is 0 Å². The van der Waals surface area contributed by atoms with Crippen molar-refractivity contribution in [2.24, 2.45) is 5.73 Å². The fourth-order valence-electron chi connectivity index (χ4n) is 2.86. The highest BCUT2D eigenvalue weighted by atomic mass is 15.1. The maximum absolute atomic E-state index is 6.53. The summed E-state index contributed by atoms with van der Waals surface area (Å²) in [5, 5.41) is 0. The van der Waals surface area contributed by atoms with E-state index in [1.807, 2.05) is 0 Å². The number of piperidine rings is 1. The molecule has 1 fully saturated rings. The van der Waals surface area contributed by atoms with Crippen molar-refractivity contribution in [1.82, 2.24) is 4.90 Å². The van der Waals surface area contributed by atoms with E-state index in [0.29, 0.717) is 0 Å². The number of likely N-dealkylation sites (N-methyl/N-ethyl adjacent to an activating group) is 1. The molecule has 0 radical (unpaired) electrons. The number of rotatable bonds is 3. The molecule has 0 aliphatic carbocycles. The van der Waals surface area contributed by atoms with Crippen molar-refractivity contribution < 1.29 is 0 Å². The maximum Gasteiger partial charge on any atom is 0.0361 e. The summed E-state index contributed by atoms with van der Waals surface area (Å²) in [5.41, 5.74) is 9.07. The minimum atomic E-state index is -0.0490. The Morgan fingerprint density at radius 1 is 1.28 bits per heavy atom. The molecule has 1 aromatic carbocycles. The molecule has 1 aromatic rings. The normalized spacial score (nSPS) is 25.1. The van der Waals surface area contributed by atoms with E-state index < -0.39 is 0 Å². The third-order valence-corrected chi connectivity index (χ3v) is 3.81. The zero-order valence-corrected chi connectivity index (χ0v) is 11.8. The second-order valence-corrected chi connectivity index (χ2v) is 5.94. The summed E-state index contributed by atoms with van der Waals surface area (Å²) in [5.74, 6) is 0. The molecule has 100 valence electrons. The molecule has 2 N–H and O–H groups in total. The Kier molecular flexibility index (Phi) is 3.93. The Morgan fingerprint density at radius 2 is 1.94 bits per heavy atom. The first-order valence-electron chi connectivity index (χ1n) is 6.72. The van der Waals surface area contributed by atoms with Gasteiger partial charge in [-0.2, -0.15) is 0 Å². The van der Waals surface area contributed by atoms with Gasteiger partial charge in [-0.25, -0.2) is 0 Å². The van der Waals surface area contributed by atoms with Gasteiger partial charge in [0.1, 0.15) is 0 Å². The monoisotopic (exact) mass is 247 g/mol. The highest BCUT2D eigenvalue weighted by molar-refractivity contribution is 5.46. The van der Waals surface area contributed by atoms with Crippen molar-refractivity contribution in [2.45, 2.75) is 24.8 Å². The zero-order valence-electron chi connectivity index (χ0n) is 11.8. The van der Waals surface area contributed by atoms with E-state index in [0.717, 1.165) is 19.4 Å². The minimum Gasteiger partial charge on any atom is -0.378 e. The molecule has 1 heterocycles. The lowest BCUT2D eigenvalue weighted by Crippen LogP contribution is -2.54. The van der Waals surface area contributed by atoms with Gasteiger partial charge < -0.3 is 15.5 Å². The summed E-state index contributed by atoms with van der Waals surface area (Å²) in [6, 6.07) is 8.76. The molecule has 1 aliphatic heterocycles. The van der Waals surface area contributed by atoms with Gasteiger partial charge in [-0.15, -0.1) is 0 Å². The lowest BCUT2D eigenvalue weighted by Gasteiger charge is -2.38. The first-order chi connectivity index (χ1) is 8.48. The van der Waals surface area contributed by atoms with Crippen molar-refractivity contribution >= 4 is 5.69 Å². The van der Waals surface area contributed by atoms with Gasteiger partial charge in [0.25, 0.3) is 0 Å². The molecule has 1 atom stereocenters. The van der Waals surface area contributed by atoms with E-state index in [1.165, 1.54) is 24.2 Å². The van der Waals surface area contributed by atoms with Crippen LogP contribution in [-0.2, 0) is 6.42 Å². The van der Waals surface area contributed by atoms with Crippen LogP contribution in [0.2, 0.25) is 0 Å². The Balaban J connectivity index is 2.04. The van der Waals surface area contributed by atoms with Gasteiger partial charge in [0.2, 0.25) is 0 Å². The fourth-order valence-corrected chi connectivity index (χ4v) is 2.86.